The zero-order valence-corrected chi connectivity index (χ0v) is 15.3. The Labute approximate surface area is 157 Å². The highest BCUT2D eigenvalue weighted by Crippen LogP contribution is 2.37. The molecule has 1 saturated heterocycles. The Bertz CT molecular complexity index is 1030. The molecule has 1 fully saturated rings. The topological polar surface area (TPSA) is 41.0 Å². The first-order valence-electron chi connectivity index (χ1n) is 9.92. The minimum Gasteiger partial charge on any atom is -0.306 e. The van der Waals surface area contributed by atoms with Crippen LogP contribution in [-0.2, 0) is 6.42 Å². The fraction of sp³-hybridized carbons (Fsp3) is 0.409. The second kappa shape index (κ2) is 6.64. The number of imidazole rings is 1. The summed E-state index contributed by atoms with van der Waals surface area (Å²) in [6, 6.07) is 13.7. The van der Waals surface area contributed by atoms with Crippen molar-refractivity contribution < 1.29 is 4.39 Å². The number of hydrogen-bond acceptors (Lipinski definition) is 2. The van der Waals surface area contributed by atoms with Crippen molar-refractivity contribution in [1.82, 2.24) is 14.5 Å². The van der Waals surface area contributed by atoms with Crippen molar-refractivity contribution >= 4 is 11.0 Å². The Morgan fingerprint density at radius 3 is 2.70 bits per heavy atom. The number of benzene rings is 2. The average molecular weight is 365 g/mol. The zero-order chi connectivity index (χ0) is 18.4. The van der Waals surface area contributed by atoms with Crippen molar-refractivity contribution in [3.8, 4) is 0 Å². The summed E-state index contributed by atoms with van der Waals surface area (Å²) in [5.74, 6) is -0.138. The summed E-state index contributed by atoms with van der Waals surface area (Å²) >= 11 is 0. The Morgan fingerprint density at radius 1 is 1.04 bits per heavy atom. The van der Waals surface area contributed by atoms with Crippen LogP contribution in [0.5, 0.6) is 0 Å². The van der Waals surface area contributed by atoms with Gasteiger partial charge in [-0.05, 0) is 67.5 Å². The van der Waals surface area contributed by atoms with E-state index in [1.165, 1.54) is 11.1 Å². The first kappa shape index (κ1) is 16.8. The summed E-state index contributed by atoms with van der Waals surface area (Å²) in [4.78, 5) is 17.9. The monoisotopic (exact) mass is 365 g/mol. The molecule has 27 heavy (non-hydrogen) atoms. The fourth-order valence-corrected chi connectivity index (χ4v) is 5.02. The van der Waals surface area contributed by atoms with E-state index in [2.05, 4.69) is 9.88 Å². The van der Waals surface area contributed by atoms with Crippen LogP contribution in [-0.4, -0.2) is 27.5 Å². The Hall–Kier alpha value is -2.40. The molecule has 1 aliphatic heterocycles. The van der Waals surface area contributed by atoms with Crippen LogP contribution in [0.4, 0.5) is 4.39 Å². The highest BCUT2D eigenvalue weighted by atomic mass is 19.1. The molecule has 4 nitrogen and oxygen atoms in total. The summed E-state index contributed by atoms with van der Waals surface area (Å²) in [5.41, 5.74) is 4.35. The summed E-state index contributed by atoms with van der Waals surface area (Å²) in [6.45, 7) is 1.88. The van der Waals surface area contributed by atoms with Crippen LogP contribution in [0.25, 0.3) is 11.0 Å². The molecule has 2 aliphatic rings. The number of H-pyrrole nitrogens is 1. The largest absolute Gasteiger partial charge is 0.326 e. The van der Waals surface area contributed by atoms with E-state index in [0.717, 1.165) is 56.2 Å². The molecule has 5 rings (SSSR count). The molecule has 1 unspecified atom stereocenters. The van der Waals surface area contributed by atoms with E-state index in [9.17, 15) is 9.18 Å². The van der Waals surface area contributed by atoms with Crippen LogP contribution in [0.15, 0.2) is 47.3 Å². The van der Waals surface area contributed by atoms with Crippen LogP contribution in [0, 0.1) is 5.82 Å². The number of likely N-dealkylation sites (tertiary alicyclic amines) is 1. The highest BCUT2D eigenvalue weighted by Gasteiger charge is 2.31. The van der Waals surface area contributed by atoms with Crippen molar-refractivity contribution in [2.75, 3.05) is 13.1 Å². The van der Waals surface area contributed by atoms with E-state index in [1.807, 2.05) is 34.9 Å². The number of nitrogens with one attached hydrogen (secondary N) is 1. The van der Waals surface area contributed by atoms with E-state index >= 15 is 0 Å². The van der Waals surface area contributed by atoms with E-state index in [-0.39, 0.29) is 17.5 Å². The van der Waals surface area contributed by atoms with Gasteiger partial charge in [0.25, 0.3) is 0 Å². The molecular formula is C22H24FN3O. The normalized spacial score (nSPS) is 21.4. The molecule has 0 bridgehead atoms. The number of fused-ring (bicyclic) bond motifs is 2. The van der Waals surface area contributed by atoms with Gasteiger partial charge >= 0.3 is 5.69 Å². The van der Waals surface area contributed by atoms with Crippen molar-refractivity contribution in [1.29, 1.82) is 0 Å². The molecule has 1 aromatic heterocycles. The van der Waals surface area contributed by atoms with E-state index in [4.69, 9.17) is 0 Å². The number of piperidine rings is 1. The van der Waals surface area contributed by atoms with Gasteiger partial charge in [-0.15, -0.1) is 0 Å². The molecule has 1 N–H and O–H groups in total. The van der Waals surface area contributed by atoms with Gasteiger partial charge in [-0.2, -0.15) is 0 Å². The highest BCUT2D eigenvalue weighted by molar-refractivity contribution is 5.75. The molecule has 0 amide bonds. The number of nitrogens with zero attached hydrogens (tertiary/aromatic N) is 2. The van der Waals surface area contributed by atoms with Crippen molar-refractivity contribution in [2.45, 2.75) is 44.2 Å². The van der Waals surface area contributed by atoms with Gasteiger partial charge in [0.1, 0.15) is 5.82 Å². The lowest BCUT2D eigenvalue weighted by Gasteiger charge is -2.40. The third-order valence-electron chi connectivity index (χ3n) is 6.32. The molecule has 140 valence electrons. The molecule has 5 heteroatoms. The van der Waals surface area contributed by atoms with Gasteiger partial charge in [-0.1, -0.05) is 18.2 Å². The second-order valence-corrected chi connectivity index (χ2v) is 7.84. The predicted molar refractivity (Wildman–Crippen MR) is 104 cm³/mol. The first-order valence-corrected chi connectivity index (χ1v) is 9.92. The van der Waals surface area contributed by atoms with E-state index < -0.39 is 0 Å². The third kappa shape index (κ3) is 2.90. The number of aromatic amines is 1. The van der Waals surface area contributed by atoms with E-state index in [1.54, 1.807) is 12.1 Å². The minimum atomic E-state index is -0.138. The summed E-state index contributed by atoms with van der Waals surface area (Å²) in [5, 5.41) is 0. The van der Waals surface area contributed by atoms with Gasteiger partial charge in [0, 0.05) is 25.2 Å². The lowest BCUT2D eigenvalue weighted by molar-refractivity contribution is 0.123. The predicted octanol–water partition coefficient (Wildman–Crippen LogP) is 4.18. The molecule has 0 spiro atoms. The molecular weight excluding hydrogens is 341 g/mol. The van der Waals surface area contributed by atoms with Crippen LogP contribution < -0.4 is 5.69 Å². The van der Waals surface area contributed by atoms with Crippen molar-refractivity contribution in [2.24, 2.45) is 0 Å². The number of rotatable bonds is 2. The Kier molecular flexibility index (Phi) is 4.12. The summed E-state index contributed by atoms with van der Waals surface area (Å²) in [6.07, 6.45) is 5.19. The summed E-state index contributed by atoms with van der Waals surface area (Å²) in [7, 11) is 0. The maximum atomic E-state index is 13.8. The maximum Gasteiger partial charge on any atom is 0.326 e. The first-order chi connectivity index (χ1) is 13.2. The number of hydrogen-bond donors (Lipinski definition) is 1. The van der Waals surface area contributed by atoms with Gasteiger partial charge in [-0.3, -0.25) is 9.47 Å². The van der Waals surface area contributed by atoms with E-state index in [0.29, 0.717) is 6.04 Å². The van der Waals surface area contributed by atoms with Crippen LogP contribution in [0.1, 0.15) is 48.9 Å². The average Bonchev–Trinajstić information content (AvgIpc) is 3.03. The van der Waals surface area contributed by atoms with Crippen molar-refractivity contribution in [3.63, 3.8) is 0 Å². The molecule has 3 aromatic rings. The standard InChI is InChI=1S/C22H24FN3O/c23-16-9-8-15-4-3-7-20(18(15)14-16)25-12-10-17(11-13-25)26-21-6-2-1-5-19(21)24-22(26)27/h1-2,5-6,8-9,14,17,20H,3-4,7,10-13H2,(H,24,27). The number of para-hydroxylation sites is 2. The van der Waals surface area contributed by atoms with Crippen LogP contribution >= 0.6 is 0 Å². The third-order valence-corrected chi connectivity index (χ3v) is 6.32. The summed E-state index contributed by atoms with van der Waals surface area (Å²) < 4.78 is 15.7. The number of aryl methyl sites for hydroxylation is 1. The number of halogens is 1. The second-order valence-electron chi connectivity index (χ2n) is 7.84. The maximum absolute atomic E-state index is 13.8. The molecule has 2 heterocycles. The smallest absolute Gasteiger partial charge is 0.306 e. The van der Waals surface area contributed by atoms with Gasteiger partial charge in [0.15, 0.2) is 0 Å². The molecule has 0 saturated carbocycles. The van der Waals surface area contributed by atoms with Gasteiger partial charge in [0.05, 0.1) is 11.0 Å². The molecule has 1 aliphatic carbocycles. The van der Waals surface area contributed by atoms with Crippen LogP contribution in [0.3, 0.4) is 0 Å². The SMILES string of the molecule is O=c1[nH]c2ccccc2n1C1CCN(C2CCCc3ccc(F)cc32)CC1. The zero-order valence-electron chi connectivity index (χ0n) is 15.3. The van der Waals surface area contributed by atoms with Crippen LogP contribution in [0.2, 0.25) is 0 Å². The Morgan fingerprint density at radius 2 is 1.85 bits per heavy atom. The van der Waals surface area contributed by atoms with Gasteiger partial charge in [0.2, 0.25) is 0 Å². The molecule has 1 atom stereocenters. The number of aromatic nitrogens is 2. The lowest BCUT2D eigenvalue weighted by Crippen LogP contribution is -2.40. The molecule has 0 radical (unpaired) electrons. The quantitative estimate of drug-likeness (QED) is 0.740. The van der Waals surface area contributed by atoms with Gasteiger partial charge in [-0.25, -0.2) is 9.18 Å². The Balaban J connectivity index is 1.38. The van der Waals surface area contributed by atoms with Crippen molar-refractivity contribution in [3.05, 3.63) is 69.9 Å². The minimum absolute atomic E-state index is 0.0141. The molecule has 2 aromatic carbocycles. The van der Waals surface area contributed by atoms with Gasteiger partial charge < -0.3 is 4.98 Å². The lowest BCUT2D eigenvalue weighted by atomic mass is 9.85. The fourth-order valence-electron chi connectivity index (χ4n) is 5.02.